The fourth-order valence-electron chi connectivity index (χ4n) is 4.29. The van der Waals surface area contributed by atoms with Gasteiger partial charge in [0.2, 0.25) is 0 Å². The van der Waals surface area contributed by atoms with Crippen LogP contribution in [0.5, 0.6) is 0 Å². The third kappa shape index (κ3) is 5.35. The summed E-state index contributed by atoms with van der Waals surface area (Å²) in [7, 11) is 0. The minimum atomic E-state index is -4.57. The number of aliphatic hydroxyl groups is 1. The molecular formula is C23H27F4NO. The van der Waals surface area contributed by atoms with Crippen LogP contribution < -0.4 is 0 Å². The van der Waals surface area contributed by atoms with Crippen LogP contribution in [0.25, 0.3) is 11.3 Å². The molecule has 1 aromatic carbocycles. The van der Waals surface area contributed by atoms with E-state index >= 15 is 0 Å². The molecule has 0 aliphatic heterocycles. The van der Waals surface area contributed by atoms with Gasteiger partial charge in [0.15, 0.2) is 0 Å². The highest BCUT2D eigenvalue weighted by atomic mass is 19.3. The van der Waals surface area contributed by atoms with Gasteiger partial charge in [-0.1, -0.05) is 38.7 Å². The fourth-order valence-corrected chi connectivity index (χ4v) is 4.29. The van der Waals surface area contributed by atoms with Gasteiger partial charge in [-0.3, -0.25) is 4.98 Å². The smallest absolute Gasteiger partial charge is 0.332 e. The third-order valence-electron chi connectivity index (χ3n) is 5.96. The summed E-state index contributed by atoms with van der Waals surface area (Å²) in [5.41, 5.74) is -0.194. The predicted molar refractivity (Wildman–Crippen MR) is 105 cm³/mol. The second-order valence-electron chi connectivity index (χ2n) is 8.05. The minimum Gasteiger partial charge on any atom is -0.332 e. The molecule has 1 aliphatic carbocycles. The van der Waals surface area contributed by atoms with Gasteiger partial charge >= 0.3 is 6.11 Å². The summed E-state index contributed by atoms with van der Waals surface area (Å²) in [6.45, 7) is 2.21. The van der Waals surface area contributed by atoms with E-state index in [1.807, 2.05) is 6.07 Å². The Morgan fingerprint density at radius 3 is 2.21 bits per heavy atom. The van der Waals surface area contributed by atoms with Crippen LogP contribution in [0.2, 0.25) is 0 Å². The molecule has 29 heavy (non-hydrogen) atoms. The lowest BCUT2D eigenvalue weighted by molar-refractivity contribution is -0.212. The zero-order valence-electron chi connectivity index (χ0n) is 16.6. The Morgan fingerprint density at radius 1 is 1.03 bits per heavy atom. The van der Waals surface area contributed by atoms with Gasteiger partial charge in [-0.25, -0.2) is 8.78 Å². The normalized spacial score (nSPS) is 20.1. The van der Waals surface area contributed by atoms with Crippen LogP contribution in [0, 0.1) is 17.6 Å². The molecule has 1 aliphatic rings. The van der Waals surface area contributed by atoms with E-state index in [1.165, 1.54) is 38.5 Å². The molecule has 3 rings (SSSR count). The monoisotopic (exact) mass is 409 g/mol. The molecule has 1 heterocycles. The van der Waals surface area contributed by atoms with Crippen molar-refractivity contribution in [1.82, 2.24) is 4.98 Å². The molecule has 0 bridgehead atoms. The topological polar surface area (TPSA) is 33.1 Å². The molecular weight excluding hydrogens is 382 g/mol. The Bertz CT molecular complexity index is 786. The first-order valence-electron chi connectivity index (χ1n) is 10.4. The summed E-state index contributed by atoms with van der Waals surface area (Å²) in [4.78, 5) is 4.29. The largest absolute Gasteiger partial charge is 0.386 e. The molecule has 0 amide bonds. The van der Waals surface area contributed by atoms with Crippen molar-refractivity contribution >= 4 is 0 Å². The average Bonchev–Trinajstić information content (AvgIpc) is 2.67. The van der Waals surface area contributed by atoms with E-state index in [4.69, 9.17) is 5.11 Å². The molecule has 0 saturated heterocycles. The summed E-state index contributed by atoms with van der Waals surface area (Å²) in [5.74, 6) is -1.76. The van der Waals surface area contributed by atoms with Gasteiger partial charge in [-0.05, 0) is 61.3 Å². The molecule has 6 heteroatoms. The van der Waals surface area contributed by atoms with Crippen LogP contribution in [-0.2, 0) is 6.11 Å². The number of rotatable bonds is 7. The summed E-state index contributed by atoms with van der Waals surface area (Å²) in [6, 6.07) is 5.10. The zero-order chi connectivity index (χ0) is 21.0. The Kier molecular flexibility index (Phi) is 6.93. The summed E-state index contributed by atoms with van der Waals surface area (Å²) in [5, 5.41) is 8.64. The minimum absolute atomic E-state index is 0.0548. The van der Waals surface area contributed by atoms with Gasteiger partial charge in [0.25, 0.3) is 0 Å². The number of hydrogen-bond donors (Lipinski definition) is 1. The first-order valence-corrected chi connectivity index (χ1v) is 10.4. The number of alkyl halides is 2. The van der Waals surface area contributed by atoms with E-state index in [0.717, 1.165) is 36.5 Å². The molecule has 2 aromatic rings. The quantitative estimate of drug-likeness (QED) is 0.398. The maximum Gasteiger partial charge on any atom is 0.386 e. The first kappa shape index (κ1) is 21.8. The van der Waals surface area contributed by atoms with Crippen molar-refractivity contribution in [2.24, 2.45) is 5.92 Å². The van der Waals surface area contributed by atoms with Gasteiger partial charge in [-0.15, -0.1) is 0 Å². The Hall–Kier alpha value is -1.95. The van der Waals surface area contributed by atoms with Crippen molar-refractivity contribution in [2.45, 2.75) is 70.3 Å². The summed E-state index contributed by atoms with van der Waals surface area (Å²) < 4.78 is 53.7. The first-order chi connectivity index (χ1) is 13.8. The average molecular weight is 409 g/mol. The molecule has 1 aromatic heterocycles. The van der Waals surface area contributed by atoms with Crippen LogP contribution in [-0.4, -0.2) is 10.1 Å². The lowest BCUT2D eigenvalue weighted by atomic mass is 9.77. The van der Waals surface area contributed by atoms with Crippen LogP contribution in [0.15, 0.2) is 30.5 Å². The maximum absolute atomic E-state index is 13.9. The van der Waals surface area contributed by atoms with Gasteiger partial charge in [-0.2, -0.15) is 8.78 Å². The van der Waals surface area contributed by atoms with E-state index in [1.54, 1.807) is 12.3 Å². The van der Waals surface area contributed by atoms with Crippen molar-refractivity contribution < 1.29 is 22.7 Å². The highest BCUT2D eigenvalue weighted by Gasteiger charge is 2.35. The van der Waals surface area contributed by atoms with E-state index in [9.17, 15) is 17.6 Å². The van der Waals surface area contributed by atoms with E-state index in [-0.39, 0.29) is 5.56 Å². The molecule has 158 valence electrons. The Balaban J connectivity index is 1.67. The summed E-state index contributed by atoms with van der Waals surface area (Å²) >= 11 is 0. The number of hydrogen-bond acceptors (Lipinski definition) is 2. The van der Waals surface area contributed by atoms with Crippen LogP contribution in [0.4, 0.5) is 17.6 Å². The van der Waals surface area contributed by atoms with Crippen LogP contribution >= 0.6 is 0 Å². The number of halogens is 4. The van der Waals surface area contributed by atoms with Crippen molar-refractivity contribution in [3.05, 3.63) is 53.2 Å². The van der Waals surface area contributed by atoms with Gasteiger partial charge < -0.3 is 5.11 Å². The standard InChI is InChI=1S/C23H27F4NO/c1-2-3-4-5-15-6-8-16(9-7-15)17-10-11-21(28-14-17)18-12-19(24)22(20(25)13-18)23(26,27)29/h10-16,29H,2-9H2,1H3. The Labute approximate surface area is 169 Å². The zero-order valence-corrected chi connectivity index (χ0v) is 16.6. The van der Waals surface area contributed by atoms with Crippen molar-refractivity contribution in [3.63, 3.8) is 0 Å². The highest BCUT2D eigenvalue weighted by Crippen LogP contribution is 2.38. The molecule has 1 saturated carbocycles. The van der Waals surface area contributed by atoms with Crippen LogP contribution in [0.3, 0.4) is 0 Å². The van der Waals surface area contributed by atoms with Crippen molar-refractivity contribution in [1.29, 1.82) is 0 Å². The van der Waals surface area contributed by atoms with Crippen LogP contribution in [0.1, 0.15) is 75.3 Å². The van der Waals surface area contributed by atoms with Gasteiger partial charge in [0.05, 0.1) is 5.69 Å². The number of benzene rings is 1. The Morgan fingerprint density at radius 2 is 1.69 bits per heavy atom. The van der Waals surface area contributed by atoms with Crippen molar-refractivity contribution in [3.8, 4) is 11.3 Å². The molecule has 0 radical (unpaired) electrons. The number of unbranched alkanes of at least 4 members (excludes halogenated alkanes) is 2. The van der Waals surface area contributed by atoms with Gasteiger partial charge in [0.1, 0.15) is 17.2 Å². The second-order valence-corrected chi connectivity index (χ2v) is 8.05. The summed E-state index contributed by atoms with van der Waals surface area (Å²) in [6.07, 6.45) is 6.93. The second kappa shape index (κ2) is 9.24. The highest BCUT2D eigenvalue weighted by molar-refractivity contribution is 5.60. The molecule has 0 unspecified atom stereocenters. The van der Waals surface area contributed by atoms with E-state index in [0.29, 0.717) is 11.6 Å². The molecule has 2 nitrogen and oxygen atoms in total. The lowest BCUT2D eigenvalue weighted by Crippen LogP contribution is -2.16. The molecule has 1 fully saturated rings. The predicted octanol–water partition coefficient (Wildman–Crippen LogP) is 6.92. The van der Waals surface area contributed by atoms with E-state index < -0.39 is 23.3 Å². The fraction of sp³-hybridized carbons (Fsp3) is 0.522. The SMILES string of the molecule is CCCCCC1CCC(c2ccc(-c3cc(F)c(C(O)(F)F)c(F)c3)nc2)CC1. The third-order valence-corrected chi connectivity index (χ3v) is 5.96. The molecule has 0 atom stereocenters. The molecule has 0 spiro atoms. The van der Waals surface area contributed by atoms with E-state index in [2.05, 4.69) is 11.9 Å². The van der Waals surface area contributed by atoms with Gasteiger partial charge in [0, 0.05) is 11.8 Å². The number of aromatic nitrogens is 1. The maximum atomic E-state index is 13.9. The lowest BCUT2D eigenvalue weighted by Gasteiger charge is -2.28. The van der Waals surface area contributed by atoms with Crippen molar-refractivity contribution in [2.75, 3.05) is 0 Å². The number of pyridine rings is 1. The molecule has 1 N–H and O–H groups in total. The number of nitrogens with zero attached hydrogens (tertiary/aromatic N) is 1.